The van der Waals surface area contributed by atoms with E-state index in [0.717, 1.165) is 11.1 Å². The minimum atomic E-state index is -0.773. The summed E-state index contributed by atoms with van der Waals surface area (Å²) in [7, 11) is 0. The third-order valence-electron chi connectivity index (χ3n) is 2.26. The van der Waals surface area contributed by atoms with Crippen LogP contribution in [0.15, 0.2) is 15.3 Å². The fourth-order valence-electron chi connectivity index (χ4n) is 1.35. The topological polar surface area (TPSA) is 85.2 Å². The molecule has 1 atom stereocenters. The van der Waals surface area contributed by atoms with Crippen molar-refractivity contribution >= 4 is 11.3 Å². The molecule has 2 aromatic rings. The Morgan fingerprint density at radius 3 is 3.00 bits per heavy atom. The monoisotopic (exact) mass is 239 g/mol. The van der Waals surface area contributed by atoms with E-state index in [1.807, 2.05) is 17.7 Å². The van der Waals surface area contributed by atoms with Crippen LogP contribution in [0.3, 0.4) is 0 Å². The van der Waals surface area contributed by atoms with Gasteiger partial charge in [0.05, 0.1) is 0 Å². The van der Waals surface area contributed by atoms with Crippen molar-refractivity contribution in [3.05, 3.63) is 22.2 Å². The van der Waals surface area contributed by atoms with E-state index in [0.29, 0.717) is 18.8 Å². The molecule has 2 aromatic heterocycles. The van der Waals surface area contributed by atoms with Gasteiger partial charge in [-0.25, -0.2) is 0 Å². The molecule has 0 radical (unpaired) electrons. The standard InChI is InChI=1S/C10H13N3O2S/c1-6-4-16-5-7(6)9-12-10(15-13-9)8(14)2-3-11/h4-5,8,14H,2-3,11H2,1H3. The zero-order valence-electron chi connectivity index (χ0n) is 8.88. The van der Waals surface area contributed by atoms with Gasteiger partial charge >= 0.3 is 0 Å². The Morgan fingerprint density at radius 2 is 2.38 bits per heavy atom. The molecule has 3 N–H and O–H groups in total. The summed E-state index contributed by atoms with van der Waals surface area (Å²) in [5, 5.41) is 17.4. The molecular weight excluding hydrogens is 226 g/mol. The van der Waals surface area contributed by atoms with E-state index in [1.165, 1.54) is 0 Å². The third-order valence-corrected chi connectivity index (χ3v) is 3.12. The molecule has 0 saturated carbocycles. The van der Waals surface area contributed by atoms with Crippen molar-refractivity contribution < 1.29 is 9.63 Å². The Balaban J connectivity index is 2.23. The first-order chi connectivity index (χ1) is 7.72. The first-order valence-electron chi connectivity index (χ1n) is 4.97. The van der Waals surface area contributed by atoms with Crippen LogP contribution in [-0.4, -0.2) is 21.8 Å². The van der Waals surface area contributed by atoms with Gasteiger partial charge in [-0.05, 0) is 30.8 Å². The lowest BCUT2D eigenvalue weighted by Gasteiger charge is -2.00. The fraction of sp³-hybridized carbons (Fsp3) is 0.400. The number of aryl methyl sites for hydroxylation is 1. The summed E-state index contributed by atoms with van der Waals surface area (Å²) in [6, 6.07) is 0. The number of nitrogens with two attached hydrogens (primary N) is 1. The summed E-state index contributed by atoms with van der Waals surface area (Å²) in [5.41, 5.74) is 7.39. The zero-order chi connectivity index (χ0) is 11.5. The molecule has 5 nitrogen and oxygen atoms in total. The fourth-order valence-corrected chi connectivity index (χ4v) is 2.18. The number of aliphatic hydroxyl groups excluding tert-OH is 1. The molecule has 86 valence electrons. The smallest absolute Gasteiger partial charge is 0.255 e. The Morgan fingerprint density at radius 1 is 1.56 bits per heavy atom. The number of thiophene rings is 1. The van der Waals surface area contributed by atoms with E-state index in [1.54, 1.807) is 11.3 Å². The van der Waals surface area contributed by atoms with Crippen LogP contribution in [-0.2, 0) is 0 Å². The molecule has 0 aromatic carbocycles. The van der Waals surface area contributed by atoms with Gasteiger partial charge in [0.1, 0.15) is 6.10 Å². The van der Waals surface area contributed by atoms with E-state index in [9.17, 15) is 5.11 Å². The maximum atomic E-state index is 9.63. The van der Waals surface area contributed by atoms with Crippen LogP contribution in [0.4, 0.5) is 0 Å². The minimum Gasteiger partial charge on any atom is -0.383 e. The Kier molecular flexibility index (Phi) is 3.33. The highest BCUT2D eigenvalue weighted by atomic mass is 32.1. The second kappa shape index (κ2) is 4.73. The normalized spacial score (nSPS) is 12.9. The van der Waals surface area contributed by atoms with Crippen LogP contribution in [0.1, 0.15) is 24.0 Å². The van der Waals surface area contributed by atoms with Crippen molar-refractivity contribution in [1.82, 2.24) is 10.1 Å². The summed E-state index contributed by atoms with van der Waals surface area (Å²) >= 11 is 1.58. The molecule has 0 amide bonds. The van der Waals surface area contributed by atoms with E-state index in [2.05, 4.69) is 10.1 Å². The average Bonchev–Trinajstić information content (AvgIpc) is 2.86. The van der Waals surface area contributed by atoms with Crippen LogP contribution < -0.4 is 5.73 Å². The van der Waals surface area contributed by atoms with Crippen LogP contribution in [0, 0.1) is 6.92 Å². The van der Waals surface area contributed by atoms with E-state index in [-0.39, 0.29) is 5.89 Å². The SMILES string of the molecule is Cc1cscc1-c1noc(C(O)CCN)n1. The Labute approximate surface area is 96.9 Å². The first kappa shape index (κ1) is 11.3. The first-order valence-corrected chi connectivity index (χ1v) is 5.91. The molecule has 0 aliphatic carbocycles. The number of hydrogen-bond acceptors (Lipinski definition) is 6. The van der Waals surface area contributed by atoms with E-state index < -0.39 is 6.10 Å². The lowest BCUT2D eigenvalue weighted by molar-refractivity contribution is 0.127. The summed E-state index contributed by atoms with van der Waals surface area (Å²) < 4.78 is 5.00. The van der Waals surface area contributed by atoms with Gasteiger partial charge in [-0.1, -0.05) is 5.16 Å². The van der Waals surface area contributed by atoms with E-state index in [4.69, 9.17) is 10.3 Å². The Bertz CT molecular complexity index is 466. The largest absolute Gasteiger partial charge is 0.383 e. The van der Waals surface area contributed by atoms with Gasteiger partial charge in [-0.2, -0.15) is 16.3 Å². The summed E-state index contributed by atoms with van der Waals surface area (Å²) in [6.07, 6.45) is -0.352. The Hall–Kier alpha value is -1.24. The molecule has 16 heavy (non-hydrogen) atoms. The number of aromatic nitrogens is 2. The van der Waals surface area contributed by atoms with Crippen molar-refractivity contribution in [3.63, 3.8) is 0 Å². The maximum absolute atomic E-state index is 9.63. The highest BCUT2D eigenvalue weighted by Crippen LogP contribution is 2.25. The molecule has 2 rings (SSSR count). The molecule has 0 fully saturated rings. The summed E-state index contributed by atoms with van der Waals surface area (Å²) in [5.74, 6) is 0.746. The summed E-state index contributed by atoms with van der Waals surface area (Å²) in [4.78, 5) is 4.16. The molecule has 6 heteroatoms. The van der Waals surface area contributed by atoms with Gasteiger partial charge in [0.25, 0.3) is 5.89 Å². The summed E-state index contributed by atoms with van der Waals surface area (Å²) in [6.45, 7) is 2.37. The molecule has 0 aliphatic heterocycles. The van der Waals surface area contributed by atoms with Gasteiger partial charge < -0.3 is 15.4 Å². The van der Waals surface area contributed by atoms with Gasteiger partial charge in [0, 0.05) is 10.9 Å². The van der Waals surface area contributed by atoms with Crippen LogP contribution >= 0.6 is 11.3 Å². The van der Waals surface area contributed by atoms with Crippen molar-refractivity contribution in [2.24, 2.45) is 5.73 Å². The lowest BCUT2D eigenvalue weighted by Crippen LogP contribution is -2.06. The number of hydrogen-bond donors (Lipinski definition) is 2. The average molecular weight is 239 g/mol. The van der Waals surface area contributed by atoms with Crippen molar-refractivity contribution in [2.45, 2.75) is 19.4 Å². The van der Waals surface area contributed by atoms with Gasteiger partial charge in [0.2, 0.25) is 5.82 Å². The second-order valence-corrected chi connectivity index (χ2v) is 4.26. The number of nitrogens with zero attached hydrogens (tertiary/aromatic N) is 2. The molecule has 2 heterocycles. The van der Waals surface area contributed by atoms with Crippen LogP contribution in [0.5, 0.6) is 0 Å². The molecule has 1 unspecified atom stereocenters. The molecular formula is C10H13N3O2S. The molecule has 0 saturated heterocycles. The van der Waals surface area contributed by atoms with Crippen LogP contribution in [0.2, 0.25) is 0 Å². The van der Waals surface area contributed by atoms with Gasteiger partial charge in [-0.3, -0.25) is 0 Å². The predicted molar refractivity (Wildman–Crippen MR) is 61.0 cm³/mol. The molecule has 0 aliphatic rings. The predicted octanol–water partition coefficient (Wildman–Crippen LogP) is 1.49. The van der Waals surface area contributed by atoms with Gasteiger partial charge in [0.15, 0.2) is 0 Å². The minimum absolute atomic E-state index is 0.228. The zero-order valence-corrected chi connectivity index (χ0v) is 9.70. The number of aliphatic hydroxyl groups is 1. The van der Waals surface area contributed by atoms with E-state index >= 15 is 0 Å². The molecule has 0 spiro atoms. The number of rotatable bonds is 4. The third kappa shape index (κ3) is 2.13. The van der Waals surface area contributed by atoms with Crippen LogP contribution in [0.25, 0.3) is 11.4 Å². The lowest BCUT2D eigenvalue weighted by atomic mass is 10.2. The van der Waals surface area contributed by atoms with Crippen molar-refractivity contribution in [1.29, 1.82) is 0 Å². The highest BCUT2D eigenvalue weighted by Gasteiger charge is 2.17. The van der Waals surface area contributed by atoms with Gasteiger partial charge in [-0.15, -0.1) is 0 Å². The molecule has 0 bridgehead atoms. The quantitative estimate of drug-likeness (QED) is 0.844. The van der Waals surface area contributed by atoms with Crippen molar-refractivity contribution in [3.8, 4) is 11.4 Å². The highest BCUT2D eigenvalue weighted by molar-refractivity contribution is 7.08. The van der Waals surface area contributed by atoms with Crippen molar-refractivity contribution in [2.75, 3.05) is 6.54 Å². The second-order valence-electron chi connectivity index (χ2n) is 3.52. The maximum Gasteiger partial charge on any atom is 0.255 e.